The van der Waals surface area contributed by atoms with Crippen LogP contribution >= 0.6 is 0 Å². The molecule has 8 nitrogen and oxygen atoms in total. The largest absolute Gasteiger partial charge is 0.534 e. The minimum Gasteiger partial charge on any atom is -0.411 e. The Hall–Kier alpha value is -3.29. The summed E-state index contributed by atoms with van der Waals surface area (Å²) in [5, 5.41) is 4.42. The molecule has 0 aliphatic carbocycles. The van der Waals surface area contributed by atoms with Gasteiger partial charge in [0.15, 0.2) is 19.9 Å². The second-order valence-electron chi connectivity index (χ2n) is 11.6. The van der Waals surface area contributed by atoms with Gasteiger partial charge in [0.1, 0.15) is 0 Å². The lowest BCUT2D eigenvalue weighted by Crippen LogP contribution is -2.40. The molecule has 42 heavy (non-hydrogen) atoms. The summed E-state index contributed by atoms with van der Waals surface area (Å²) >= 11 is 0. The van der Waals surface area contributed by atoms with E-state index in [2.05, 4.69) is 60.0 Å². The third-order valence-corrected chi connectivity index (χ3v) is 12.9. The normalized spacial score (nSPS) is 13.1. The molecule has 4 rings (SSSR count). The fraction of sp³-hybridized carbons (Fsp3) is 0.414. The van der Waals surface area contributed by atoms with E-state index >= 15 is 0 Å². The van der Waals surface area contributed by atoms with Crippen molar-refractivity contribution in [2.24, 2.45) is 0 Å². The highest BCUT2D eigenvalue weighted by Crippen LogP contribution is 2.38. The molecule has 0 fully saturated rings. The molecule has 0 saturated carbocycles. The maximum atomic E-state index is 13.3. The number of hydrogen-bond donors (Lipinski definition) is 0. The molecule has 0 unspecified atom stereocenters. The molecule has 0 bridgehead atoms. The number of fused-ring (bicyclic) bond motifs is 1. The van der Waals surface area contributed by atoms with Gasteiger partial charge in [-0.25, -0.2) is 9.67 Å². The van der Waals surface area contributed by atoms with Crippen molar-refractivity contribution >= 4 is 29.3 Å². The Bertz CT molecular complexity index is 1680. The molecular formula is C29H35F3N4O4SSi. The first-order valence-corrected chi connectivity index (χ1v) is 17.9. The molecule has 3 heterocycles. The summed E-state index contributed by atoms with van der Waals surface area (Å²) in [5.41, 5.74) is -3.02. The van der Waals surface area contributed by atoms with E-state index in [4.69, 9.17) is 4.43 Å². The Kier molecular flexibility index (Phi) is 8.86. The molecule has 0 spiro atoms. The second kappa shape index (κ2) is 11.8. The number of alkyl halides is 3. The lowest BCUT2D eigenvalue weighted by Gasteiger charge is -2.36. The zero-order chi connectivity index (χ0) is 30.9. The van der Waals surface area contributed by atoms with Crippen LogP contribution in [0.4, 0.5) is 13.2 Å². The number of benzene rings is 1. The van der Waals surface area contributed by atoms with Crippen LogP contribution in [0.2, 0.25) is 18.1 Å². The summed E-state index contributed by atoms with van der Waals surface area (Å²) in [7, 11) is -8.00. The van der Waals surface area contributed by atoms with Crippen molar-refractivity contribution in [2.75, 3.05) is 0 Å². The Balaban J connectivity index is 1.82. The van der Waals surface area contributed by atoms with Crippen LogP contribution in [0.1, 0.15) is 51.9 Å². The molecule has 13 heteroatoms. The molecule has 0 amide bonds. The molecule has 0 aliphatic rings. The topological polar surface area (TPSA) is 96.2 Å². The predicted octanol–water partition coefficient (Wildman–Crippen LogP) is 7.58. The van der Waals surface area contributed by atoms with E-state index in [9.17, 15) is 21.6 Å². The van der Waals surface area contributed by atoms with Gasteiger partial charge in [0.25, 0.3) is 0 Å². The van der Waals surface area contributed by atoms with Gasteiger partial charge in [-0.1, -0.05) is 46.2 Å². The smallest absolute Gasteiger partial charge is 0.411 e. The van der Waals surface area contributed by atoms with Crippen molar-refractivity contribution in [3.05, 3.63) is 66.1 Å². The number of halogens is 3. The van der Waals surface area contributed by atoms with Crippen LogP contribution in [-0.4, -0.2) is 42.0 Å². The van der Waals surface area contributed by atoms with Crippen LogP contribution in [0.25, 0.3) is 28.0 Å². The van der Waals surface area contributed by atoms with Crippen molar-refractivity contribution in [2.45, 2.75) is 77.2 Å². The fourth-order valence-corrected chi connectivity index (χ4v) is 5.34. The first-order valence-electron chi connectivity index (χ1n) is 13.6. The summed E-state index contributed by atoms with van der Waals surface area (Å²) in [5.74, 6) is -0.128. The van der Waals surface area contributed by atoms with E-state index in [1.807, 2.05) is 12.1 Å². The molecule has 0 radical (unpaired) electrons. The molecule has 3 aromatic heterocycles. The molecule has 0 atom stereocenters. The average Bonchev–Trinajstić information content (AvgIpc) is 3.34. The number of aromatic nitrogens is 4. The van der Waals surface area contributed by atoms with Gasteiger partial charge in [0.05, 0.1) is 35.1 Å². The predicted molar refractivity (Wildman–Crippen MR) is 158 cm³/mol. The molecular weight excluding hydrogens is 585 g/mol. The first kappa shape index (κ1) is 31.6. The van der Waals surface area contributed by atoms with Gasteiger partial charge in [-0.05, 0) is 67.4 Å². The van der Waals surface area contributed by atoms with Gasteiger partial charge in [-0.15, -0.1) is 0 Å². The number of hydrogen-bond acceptors (Lipinski definition) is 7. The Morgan fingerprint density at radius 2 is 1.67 bits per heavy atom. The number of aryl methyl sites for hydroxylation is 1. The van der Waals surface area contributed by atoms with Crippen molar-refractivity contribution in [3.8, 4) is 22.8 Å². The minimum absolute atomic E-state index is 0.00816. The maximum absolute atomic E-state index is 13.3. The maximum Gasteiger partial charge on any atom is 0.534 e. The van der Waals surface area contributed by atoms with Gasteiger partial charge in [-0.3, -0.25) is 4.98 Å². The van der Waals surface area contributed by atoms with Crippen molar-refractivity contribution < 1.29 is 30.2 Å². The minimum atomic E-state index is -5.94. The summed E-state index contributed by atoms with van der Waals surface area (Å²) < 4.78 is 76.3. The molecule has 0 N–H and O–H groups in total. The van der Waals surface area contributed by atoms with Crippen LogP contribution in [0.3, 0.4) is 0 Å². The van der Waals surface area contributed by atoms with Crippen LogP contribution in [0.15, 0.2) is 54.7 Å². The highest BCUT2D eigenvalue weighted by molar-refractivity contribution is 7.88. The lowest BCUT2D eigenvalue weighted by atomic mass is 10.1. The van der Waals surface area contributed by atoms with Crippen molar-refractivity contribution in [1.29, 1.82) is 0 Å². The van der Waals surface area contributed by atoms with Gasteiger partial charge in [0.2, 0.25) is 0 Å². The van der Waals surface area contributed by atoms with Gasteiger partial charge >= 0.3 is 15.6 Å². The molecule has 0 saturated heterocycles. The summed E-state index contributed by atoms with van der Waals surface area (Å²) in [6.07, 6.45) is 3.87. The lowest BCUT2D eigenvalue weighted by molar-refractivity contribution is -0.0499. The zero-order valence-electron chi connectivity index (χ0n) is 24.5. The van der Waals surface area contributed by atoms with Crippen LogP contribution < -0.4 is 4.18 Å². The second-order valence-corrected chi connectivity index (χ2v) is 17.9. The van der Waals surface area contributed by atoms with Crippen LogP contribution in [0.5, 0.6) is 5.75 Å². The third-order valence-electron chi connectivity index (χ3n) is 7.42. The quantitative estimate of drug-likeness (QED) is 0.102. The average molecular weight is 621 g/mol. The van der Waals surface area contributed by atoms with E-state index in [1.54, 1.807) is 30.3 Å². The first-order chi connectivity index (χ1) is 19.5. The van der Waals surface area contributed by atoms with E-state index in [1.165, 1.54) is 16.9 Å². The van der Waals surface area contributed by atoms with Gasteiger partial charge < -0.3 is 8.61 Å². The molecule has 226 valence electrons. The number of pyridine rings is 2. The monoisotopic (exact) mass is 620 g/mol. The van der Waals surface area contributed by atoms with E-state index in [0.29, 0.717) is 28.3 Å². The summed E-state index contributed by atoms with van der Waals surface area (Å²) in [6.45, 7) is 13.0. The molecule has 1 aromatic carbocycles. The highest BCUT2D eigenvalue weighted by Gasteiger charge is 2.49. The summed E-state index contributed by atoms with van der Waals surface area (Å²) in [6, 6.07) is 13.6. The Labute approximate surface area is 245 Å². The van der Waals surface area contributed by atoms with Crippen LogP contribution in [0, 0.1) is 0 Å². The fourth-order valence-electron chi connectivity index (χ4n) is 3.93. The SMILES string of the molecule is CCCCc1cccc(-c2cc(OS(=O)(=O)C(F)(F)F)c3cnn(-c4cccc(CO[Si](C)(C)C(C)(C)C)n4)c3c2)n1. The highest BCUT2D eigenvalue weighted by atomic mass is 32.2. The molecule has 0 aliphatic heterocycles. The number of unbranched alkanes of at least 4 members (excludes halogenated alkanes) is 1. The van der Waals surface area contributed by atoms with Crippen molar-refractivity contribution in [3.63, 3.8) is 0 Å². The Morgan fingerprint density at radius 1 is 0.976 bits per heavy atom. The van der Waals surface area contributed by atoms with Crippen LogP contribution in [-0.2, 0) is 27.6 Å². The third kappa shape index (κ3) is 6.84. The van der Waals surface area contributed by atoms with Crippen molar-refractivity contribution in [1.82, 2.24) is 19.7 Å². The van der Waals surface area contributed by atoms with E-state index < -0.39 is 29.7 Å². The standard InChI is InChI=1S/C29H35F3N4O4SSi/c1-7-8-11-21-12-9-14-24(34-21)20-16-25-23(26(17-20)40-41(37,38)29(30,31)32)18-33-36(25)27-15-10-13-22(35-27)19-39-42(5,6)28(2,3)4/h9-10,12-18H,7-8,11,19H2,1-6H3. The zero-order valence-corrected chi connectivity index (χ0v) is 26.3. The van der Waals surface area contributed by atoms with E-state index in [-0.39, 0.29) is 17.0 Å². The van der Waals surface area contributed by atoms with E-state index in [0.717, 1.165) is 25.0 Å². The summed E-state index contributed by atoms with van der Waals surface area (Å²) in [4.78, 5) is 9.34. The van der Waals surface area contributed by atoms with Gasteiger partial charge in [-0.2, -0.15) is 26.7 Å². The Morgan fingerprint density at radius 3 is 2.33 bits per heavy atom. The molecule has 4 aromatic rings. The number of rotatable bonds is 10. The number of nitrogens with zero attached hydrogens (tertiary/aromatic N) is 4. The van der Waals surface area contributed by atoms with Gasteiger partial charge in [0, 0.05) is 11.3 Å².